The highest BCUT2D eigenvalue weighted by Crippen LogP contribution is 2.43. The van der Waals surface area contributed by atoms with Gasteiger partial charge in [-0.05, 0) is 88.0 Å². The van der Waals surface area contributed by atoms with Crippen LogP contribution in [0, 0.1) is 0 Å². The van der Waals surface area contributed by atoms with Crippen LogP contribution in [0.2, 0.25) is 0 Å². The Bertz CT molecular complexity index is 3600. The van der Waals surface area contributed by atoms with E-state index in [1.807, 2.05) is 66.7 Å². The van der Waals surface area contributed by atoms with Gasteiger partial charge >= 0.3 is 0 Å². The molecule has 5 heteroatoms. The molecular weight excluding hydrogens is 759 g/mol. The van der Waals surface area contributed by atoms with Gasteiger partial charge < -0.3 is 8.83 Å². The molecule has 0 fully saturated rings. The standard InChI is InChI=1S/C57H35N3O2/c1-6-16-36(17-7-1)43-31-46(38-20-10-3-11-21-38)53-49(33-43)45-28-26-42(35-52(45)62-53)57-59-55(40-24-14-5-15-25-40)58-56(60-57)41-27-29-51-48(30-41)50-34-44(37-18-8-2-9-19-37)32-47(54(50)61-51)39-22-12-4-13-23-39/h1-35H. The summed E-state index contributed by atoms with van der Waals surface area (Å²) >= 11 is 0. The highest BCUT2D eigenvalue weighted by atomic mass is 16.3. The van der Waals surface area contributed by atoms with E-state index in [2.05, 4.69) is 146 Å². The summed E-state index contributed by atoms with van der Waals surface area (Å²) in [4.78, 5) is 15.4. The van der Waals surface area contributed by atoms with Gasteiger partial charge in [0.25, 0.3) is 0 Å². The van der Waals surface area contributed by atoms with Gasteiger partial charge in [-0.1, -0.05) is 158 Å². The first-order valence-corrected chi connectivity index (χ1v) is 20.7. The van der Waals surface area contributed by atoms with E-state index in [1.165, 1.54) is 0 Å². The predicted molar refractivity (Wildman–Crippen MR) is 252 cm³/mol. The van der Waals surface area contributed by atoms with Crippen LogP contribution in [0.4, 0.5) is 0 Å². The number of fused-ring (bicyclic) bond motifs is 6. The van der Waals surface area contributed by atoms with E-state index < -0.39 is 0 Å². The van der Waals surface area contributed by atoms with Gasteiger partial charge in [0.15, 0.2) is 17.5 Å². The number of aromatic nitrogens is 3. The summed E-state index contributed by atoms with van der Waals surface area (Å²) in [6.45, 7) is 0. The van der Waals surface area contributed by atoms with Crippen LogP contribution in [0.3, 0.4) is 0 Å². The Morgan fingerprint density at radius 3 is 1.15 bits per heavy atom. The zero-order valence-corrected chi connectivity index (χ0v) is 33.4. The number of furan rings is 2. The Kier molecular flexibility index (Phi) is 8.42. The van der Waals surface area contributed by atoms with E-state index in [4.69, 9.17) is 23.8 Å². The Labute approximate surface area is 357 Å². The van der Waals surface area contributed by atoms with Gasteiger partial charge in [0, 0.05) is 49.4 Å². The van der Waals surface area contributed by atoms with Crippen LogP contribution in [0.1, 0.15) is 0 Å². The maximum absolute atomic E-state index is 6.80. The van der Waals surface area contributed by atoms with Crippen molar-refractivity contribution in [1.82, 2.24) is 15.0 Å². The molecule has 0 saturated carbocycles. The Balaban J connectivity index is 1.03. The largest absolute Gasteiger partial charge is 0.455 e. The van der Waals surface area contributed by atoms with Crippen LogP contribution in [-0.2, 0) is 0 Å². The lowest BCUT2D eigenvalue weighted by Crippen LogP contribution is -2.00. The Morgan fingerprint density at radius 2 is 0.629 bits per heavy atom. The summed E-state index contributed by atoms with van der Waals surface area (Å²) in [6, 6.07) is 73.3. The fourth-order valence-electron chi connectivity index (χ4n) is 8.64. The first kappa shape index (κ1) is 35.5. The number of hydrogen-bond acceptors (Lipinski definition) is 5. The maximum atomic E-state index is 6.80. The van der Waals surface area contributed by atoms with Crippen molar-refractivity contribution in [3.05, 3.63) is 212 Å². The van der Waals surface area contributed by atoms with Gasteiger partial charge in [0.05, 0.1) is 0 Å². The molecule has 0 unspecified atom stereocenters. The molecule has 290 valence electrons. The fourth-order valence-corrected chi connectivity index (χ4v) is 8.64. The van der Waals surface area contributed by atoms with Gasteiger partial charge in [-0.25, -0.2) is 15.0 Å². The van der Waals surface area contributed by atoms with Gasteiger partial charge in [-0.3, -0.25) is 0 Å². The quantitative estimate of drug-likeness (QED) is 0.161. The van der Waals surface area contributed by atoms with Crippen LogP contribution < -0.4 is 0 Å². The van der Waals surface area contributed by atoms with Crippen molar-refractivity contribution in [2.24, 2.45) is 0 Å². The molecule has 0 atom stereocenters. The van der Waals surface area contributed by atoms with Crippen molar-refractivity contribution in [3.63, 3.8) is 0 Å². The van der Waals surface area contributed by atoms with Crippen LogP contribution in [-0.4, -0.2) is 15.0 Å². The number of hydrogen-bond donors (Lipinski definition) is 0. The molecule has 0 aliphatic carbocycles. The lowest BCUT2D eigenvalue weighted by molar-refractivity contribution is 0.669. The lowest BCUT2D eigenvalue weighted by atomic mass is 9.95. The van der Waals surface area contributed by atoms with E-state index in [9.17, 15) is 0 Å². The highest BCUT2D eigenvalue weighted by molar-refractivity contribution is 6.13. The molecule has 0 radical (unpaired) electrons. The Morgan fingerprint density at radius 1 is 0.242 bits per heavy atom. The number of nitrogens with zero attached hydrogens (tertiary/aromatic N) is 3. The summed E-state index contributed by atoms with van der Waals surface area (Å²) in [6.07, 6.45) is 0. The Hall–Kier alpha value is -8.41. The molecule has 0 amide bonds. The van der Waals surface area contributed by atoms with E-state index in [-0.39, 0.29) is 0 Å². The molecule has 3 heterocycles. The molecule has 12 aromatic rings. The third kappa shape index (κ3) is 6.23. The van der Waals surface area contributed by atoms with Crippen molar-refractivity contribution >= 4 is 43.9 Å². The third-order valence-corrected chi connectivity index (χ3v) is 11.7. The zero-order valence-electron chi connectivity index (χ0n) is 33.4. The molecule has 0 N–H and O–H groups in total. The second kappa shape index (κ2) is 14.7. The molecule has 0 saturated heterocycles. The van der Waals surface area contributed by atoms with Gasteiger partial charge in [-0.2, -0.15) is 0 Å². The molecule has 0 spiro atoms. The van der Waals surface area contributed by atoms with E-state index in [1.54, 1.807) is 0 Å². The minimum atomic E-state index is 0.555. The highest BCUT2D eigenvalue weighted by Gasteiger charge is 2.20. The van der Waals surface area contributed by atoms with Gasteiger partial charge in [0.2, 0.25) is 0 Å². The molecular formula is C57H35N3O2. The van der Waals surface area contributed by atoms with Crippen LogP contribution in [0.5, 0.6) is 0 Å². The number of rotatable bonds is 7. The normalized spacial score (nSPS) is 11.5. The minimum Gasteiger partial charge on any atom is -0.455 e. The lowest BCUT2D eigenvalue weighted by Gasteiger charge is -2.09. The average molecular weight is 794 g/mol. The van der Waals surface area contributed by atoms with Crippen molar-refractivity contribution in [3.8, 4) is 78.7 Å². The maximum Gasteiger partial charge on any atom is 0.164 e. The third-order valence-electron chi connectivity index (χ3n) is 11.7. The SMILES string of the molecule is c1ccc(-c2cc(-c3ccccc3)c3oc4cc(-c5nc(-c6ccccc6)nc(-c6ccc7oc8c(-c9ccccc9)cc(-c9ccccc9)cc8c7c6)n5)ccc4c3c2)cc1. The van der Waals surface area contributed by atoms with Crippen LogP contribution >= 0.6 is 0 Å². The summed E-state index contributed by atoms with van der Waals surface area (Å²) < 4.78 is 13.5. The van der Waals surface area contributed by atoms with E-state index >= 15 is 0 Å². The molecule has 3 aromatic heterocycles. The predicted octanol–water partition coefficient (Wildman–Crippen LogP) is 15.3. The van der Waals surface area contributed by atoms with Crippen molar-refractivity contribution in [1.29, 1.82) is 0 Å². The van der Waals surface area contributed by atoms with Gasteiger partial charge in [-0.15, -0.1) is 0 Å². The molecule has 0 bridgehead atoms. The molecule has 62 heavy (non-hydrogen) atoms. The monoisotopic (exact) mass is 793 g/mol. The first-order chi connectivity index (χ1) is 30.7. The second-order valence-corrected chi connectivity index (χ2v) is 15.6. The minimum absolute atomic E-state index is 0.555. The average Bonchev–Trinajstić information content (AvgIpc) is 3.92. The summed E-state index contributed by atoms with van der Waals surface area (Å²) in [5.41, 5.74) is 14.7. The summed E-state index contributed by atoms with van der Waals surface area (Å²) in [5, 5.41) is 4.10. The topological polar surface area (TPSA) is 65.0 Å². The molecule has 0 aliphatic heterocycles. The van der Waals surface area contributed by atoms with E-state index in [0.717, 1.165) is 105 Å². The fraction of sp³-hybridized carbons (Fsp3) is 0. The molecule has 9 aromatic carbocycles. The van der Waals surface area contributed by atoms with Crippen molar-refractivity contribution < 1.29 is 8.83 Å². The van der Waals surface area contributed by atoms with E-state index in [0.29, 0.717) is 17.5 Å². The van der Waals surface area contributed by atoms with Crippen LogP contribution in [0.15, 0.2) is 221 Å². The second-order valence-electron chi connectivity index (χ2n) is 15.6. The smallest absolute Gasteiger partial charge is 0.164 e. The zero-order chi connectivity index (χ0) is 41.0. The van der Waals surface area contributed by atoms with Gasteiger partial charge in [0.1, 0.15) is 22.3 Å². The summed E-state index contributed by atoms with van der Waals surface area (Å²) in [5.74, 6) is 1.71. The van der Waals surface area contributed by atoms with Crippen LogP contribution in [0.25, 0.3) is 123 Å². The molecule has 12 rings (SSSR count). The van der Waals surface area contributed by atoms with Crippen molar-refractivity contribution in [2.75, 3.05) is 0 Å². The number of benzene rings is 9. The van der Waals surface area contributed by atoms with Crippen molar-refractivity contribution in [2.45, 2.75) is 0 Å². The first-order valence-electron chi connectivity index (χ1n) is 20.7. The summed E-state index contributed by atoms with van der Waals surface area (Å²) in [7, 11) is 0. The molecule has 5 nitrogen and oxygen atoms in total. The molecule has 0 aliphatic rings.